The van der Waals surface area contributed by atoms with E-state index < -0.39 is 10.0 Å². The van der Waals surface area contributed by atoms with Crippen molar-refractivity contribution in [3.8, 4) is 0 Å². The monoisotopic (exact) mass is 529 g/mol. The Labute approximate surface area is 218 Å². The molecule has 0 spiro atoms. The van der Waals surface area contributed by atoms with E-state index in [0.29, 0.717) is 17.5 Å². The molecule has 0 bridgehead atoms. The van der Waals surface area contributed by atoms with Crippen LogP contribution in [0, 0.1) is 0 Å². The SMILES string of the molecule is CN(C)CCN1CCc2cc(Nc3ncc(Cl)c(Nc4ccccc4S(=O)(=O)N(C)C)n3)ccc2C1. The van der Waals surface area contributed by atoms with Gasteiger partial charge in [0.15, 0.2) is 5.82 Å². The van der Waals surface area contributed by atoms with Gasteiger partial charge in [0.1, 0.15) is 9.92 Å². The fraction of sp³-hybridized carbons (Fsp3) is 0.360. The predicted molar refractivity (Wildman–Crippen MR) is 145 cm³/mol. The number of aromatic nitrogens is 2. The van der Waals surface area contributed by atoms with Crippen LogP contribution < -0.4 is 10.6 Å². The Morgan fingerprint density at radius 1 is 1.06 bits per heavy atom. The lowest BCUT2D eigenvalue weighted by Crippen LogP contribution is -2.35. The van der Waals surface area contributed by atoms with Gasteiger partial charge in [-0.25, -0.2) is 17.7 Å². The van der Waals surface area contributed by atoms with Crippen molar-refractivity contribution < 1.29 is 8.42 Å². The Morgan fingerprint density at radius 2 is 1.83 bits per heavy atom. The molecule has 192 valence electrons. The number of para-hydroxylation sites is 1. The number of nitrogens with zero attached hydrogens (tertiary/aromatic N) is 5. The molecule has 0 atom stereocenters. The maximum absolute atomic E-state index is 12.7. The molecule has 9 nitrogen and oxygen atoms in total. The Balaban J connectivity index is 1.51. The molecule has 2 N–H and O–H groups in total. The van der Waals surface area contributed by atoms with E-state index in [1.54, 1.807) is 24.3 Å². The molecule has 2 heterocycles. The zero-order valence-electron chi connectivity index (χ0n) is 21.0. The van der Waals surface area contributed by atoms with Crippen LogP contribution in [0.5, 0.6) is 0 Å². The number of sulfonamides is 1. The first-order chi connectivity index (χ1) is 17.1. The Hall–Kier alpha value is -2.76. The molecule has 4 rings (SSSR count). The van der Waals surface area contributed by atoms with Crippen LogP contribution in [-0.2, 0) is 23.0 Å². The van der Waals surface area contributed by atoms with E-state index in [4.69, 9.17) is 11.6 Å². The van der Waals surface area contributed by atoms with Gasteiger partial charge in [0.25, 0.3) is 0 Å². The predicted octanol–water partition coefficient (Wildman–Crippen LogP) is 3.79. The molecule has 1 aromatic heterocycles. The van der Waals surface area contributed by atoms with Gasteiger partial charge in [0.05, 0.1) is 11.9 Å². The number of hydrogen-bond donors (Lipinski definition) is 2. The molecule has 0 amide bonds. The molecule has 36 heavy (non-hydrogen) atoms. The zero-order chi connectivity index (χ0) is 25.9. The molecule has 3 aromatic rings. The van der Waals surface area contributed by atoms with E-state index in [-0.39, 0.29) is 9.92 Å². The van der Waals surface area contributed by atoms with Crippen molar-refractivity contribution in [1.82, 2.24) is 24.1 Å². The number of fused-ring (bicyclic) bond motifs is 1. The fourth-order valence-electron chi connectivity index (χ4n) is 3.98. The van der Waals surface area contributed by atoms with E-state index in [0.717, 1.165) is 38.3 Å². The van der Waals surface area contributed by atoms with Crippen LogP contribution in [0.1, 0.15) is 11.1 Å². The largest absolute Gasteiger partial charge is 0.338 e. The van der Waals surface area contributed by atoms with Crippen LogP contribution in [0.25, 0.3) is 0 Å². The smallest absolute Gasteiger partial charge is 0.244 e. The summed E-state index contributed by atoms with van der Waals surface area (Å²) in [6.07, 6.45) is 2.48. The van der Waals surface area contributed by atoms with Gasteiger partial charge < -0.3 is 15.5 Å². The summed E-state index contributed by atoms with van der Waals surface area (Å²) in [7, 11) is 3.52. The molecule has 11 heteroatoms. The first-order valence-electron chi connectivity index (χ1n) is 11.7. The van der Waals surface area contributed by atoms with E-state index in [2.05, 4.69) is 56.6 Å². The first-order valence-corrected chi connectivity index (χ1v) is 13.5. The highest BCUT2D eigenvalue weighted by molar-refractivity contribution is 7.89. The van der Waals surface area contributed by atoms with E-state index >= 15 is 0 Å². The van der Waals surface area contributed by atoms with Gasteiger partial charge in [-0.3, -0.25) is 4.90 Å². The summed E-state index contributed by atoms with van der Waals surface area (Å²) in [5.41, 5.74) is 3.92. The van der Waals surface area contributed by atoms with Gasteiger partial charge in [-0.05, 0) is 55.9 Å². The number of benzene rings is 2. The Morgan fingerprint density at radius 3 is 2.58 bits per heavy atom. The average molecular weight is 530 g/mol. The number of halogens is 1. The minimum Gasteiger partial charge on any atom is -0.338 e. The molecule has 0 saturated heterocycles. The molecule has 0 radical (unpaired) electrons. The quantitative estimate of drug-likeness (QED) is 0.432. The molecule has 0 fully saturated rings. The van der Waals surface area contributed by atoms with Gasteiger partial charge in [-0.15, -0.1) is 0 Å². The molecular weight excluding hydrogens is 498 g/mol. The van der Waals surface area contributed by atoms with E-state index in [1.165, 1.54) is 35.7 Å². The van der Waals surface area contributed by atoms with Crippen molar-refractivity contribution in [2.24, 2.45) is 0 Å². The lowest BCUT2D eigenvalue weighted by atomic mass is 9.99. The van der Waals surface area contributed by atoms with Crippen molar-refractivity contribution in [3.05, 3.63) is 64.8 Å². The second kappa shape index (κ2) is 11.1. The molecular formula is C25H32ClN7O2S. The summed E-state index contributed by atoms with van der Waals surface area (Å²) in [6.45, 7) is 4.08. The molecule has 1 aliphatic rings. The standard InChI is InChI=1S/C25H32ClN7O2S/c1-31(2)13-14-33-12-11-18-15-20(10-9-19(18)17-33)28-25-27-16-21(26)24(30-25)29-22-7-5-6-8-23(22)36(34,35)32(3)4/h5-10,15-16H,11-14,17H2,1-4H3,(H2,27,28,29,30). The normalized spacial score (nSPS) is 14.2. The van der Waals surface area contributed by atoms with Crippen LogP contribution >= 0.6 is 11.6 Å². The van der Waals surface area contributed by atoms with E-state index in [1.807, 2.05) is 6.07 Å². The van der Waals surface area contributed by atoms with Gasteiger partial charge >= 0.3 is 0 Å². The van der Waals surface area contributed by atoms with Crippen LogP contribution in [0.4, 0.5) is 23.1 Å². The van der Waals surface area contributed by atoms with E-state index in [9.17, 15) is 8.42 Å². The van der Waals surface area contributed by atoms with Crippen molar-refractivity contribution >= 4 is 44.8 Å². The molecule has 0 aliphatic carbocycles. The summed E-state index contributed by atoms with van der Waals surface area (Å²) < 4.78 is 26.7. The maximum atomic E-state index is 12.7. The lowest BCUT2D eigenvalue weighted by molar-refractivity contribution is 0.225. The third kappa shape index (κ3) is 6.13. The first kappa shape index (κ1) is 26.3. The number of anilines is 4. The van der Waals surface area contributed by atoms with Crippen molar-refractivity contribution in [2.75, 3.05) is 58.5 Å². The maximum Gasteiger partial charge on any atom is 0.244 e. The average Bonchev–Trinajstić information content (AvgIpc) is 2.85. The third-order valence-electron chi connectivity index (χ3n) is 6.06. The Kier molecular flexibility index (Phi) is 8.11. The highest BCUT2D eigenvalue weighted by atomic mass is 35.5. The fourth-order valence-corrected chi connectivity index (χ4v) is 5.16. The van der Waals surface area contributed by atoms with Crippen molar-refractivity contribution in [2.45, 2.75) is 17.9 Å². The second-order valence-electron chi connectivity index (χ2n) is 9.24. The van der Waals surface area contributed by atoms with Crippen LogP contribution in [0.3, 0.4) is 0 Å². The Bertz CT molecular complexity index is 1330. The molecule has 0 saturated carbocycles. The van der Waals surface area contributed by atoms with Gasteiger partial charge in [0, 0.05) is 46.0 Å². The topological polar surface area (TPSA) is 93.7 Å². The van der Waals surface area contributed by atoms with Crippen LogP contribution in [0.2, 0.25) is 5.02 Å². The number of likely N-dealkylation sites (N-methyl/N-ethyl adjacent to an activating group) is 1. The number of rotatable bonds is 9. The summed E-state index contributed by atoms with van der Waals surface area (Å²) in [5, 5.41) is 6.60. The second-order valence-corrected chi connectivity index (χ2v) is 11.8. The minimum absolute atomic E-state index is 0.133. The number of nitrogens with one attached hydrogen (secondary N) is 2. The van der Waals surface area contributed by atoms with Gasteiger partial charge in [-0.1, -0.05) is 29.8 Å². The van der Waals surface area contributed by atoms with Gasteiger partial charge in [-0.2, -0.15) is 4.98 Å². The lowest BCUT2D eigenvalue weighted by Gasteiger charge is -2.30. The summed E-state index contributed by atoms with van der Waals surface area (Å²) in [4.78, 5) is 13.6. The number of hydrogen-bond acceptors (Lipinski definition) is 8. The summed E-state index contributed by atoms with van der Waals surface area (Å²) in [5.74, 6) is 0.670. The molecule has 2 aromatic carbocycles. The third-order valence-corrected chi connectivity index (χ3v) is 8.21. The molecule has 0 unspecified atom stereocenters. The highest BCUT2D eigenvalue weighted by Gasteiger charge is 2.22. The van der Waals surface area contributed by atoms with Crippen molar-refractivity contribution in [1.29, 1.82) is 0 Å². The summed E-state index contributed by atoms with van der Waals surface area (Å²) >= 11 is 6.35. The van der Waals surface area contributed by atoms with Gasteiger partial charge in [0.2, 0.25) is 16.0 Å². The zero-order valence-corrected chi connectivity index (χ0v) is 22.6. The minimum atomic E-state index is -3.66. The van der Waals surface area contributed by atoms with Crippen LogP contribution in [0.15, 0.2) is 53.6 Å². The molecule has 1 aliphatic heterocycles. The summed E-state index contributed by atoms with van der Waals surface area (Å²) in [6, 6.07) is 13.0. The van der Waals surface area contributed by atoms with Crippen LogP contribution in [-0.4, -0.2) is 80.3 Å². The highest BCUT2D eigenvalue weighted by Crippen LogP contribution is 2.30. The van der Waals surface area contributed by atoms with Crippen molar-refractivity contribution in [3.63, 3.8) is 0 Å².